The molecule has 2 aromatic rings. The summed E-state index contributed by atoms with van der Waals surface area (Å²) in [6.07, 6.45) is 4.37. The van der Waals surface area contributed by atoms with E-state index in [2.05, 4.69) is 41.2 Å². The number of fused-ring (bicyclic) bond motifs is 1. The summed E-state index contributed by atoms with van der Waals surface area (Å²) in [7, 11) is 0. The van der Waals surface area contributed by atoms with Crippen molar-refractivity contribution in [2.45, 2.75) is 43.4 Å². The second kappa shape index (κ2) is 5.83. The van der Waals surface area contributed by atoms with Crippen LogP contribution in [0.4, 0.5) is 0 Å². The van der Waals surface area contributed by atoms with Gasteiger partial charge in [-0.25, -0.2) is 4.79 Å². The summed E-state index contributed by atoms with van der Waals surface area (Å²) in [5.74, 6) is 0.866. The first-order valence-electron chi connectivity index (χ1n) is 7.03. The normalized spacial score (nSPS) is 14.1. The lowest BCUT2D eigenvalue weighted by Crippen LogP contribution is -2.19. The van der Waals surface area contributed by atoms with E-state index in [1.54, 1.807) is 11.8 Å². The van der Waals surface area contributed by atoms with Crippen molar-refractivity contribution in [2.75, 3.05) is 0 Å². The first-order chi connectivity index (χ1) is 9.72. The average Bonchev–Trinajstić information content (AvgIpc) is 2.44. The van der Waals surface area contributed by atoms with Crippen LogP contribution in [0, 0.1) is 6.92 Å². The van der Waals surface area contributed by atoms with Crippen molar-refractivity contribution in [1.82, 2.24) is 9.97 Å². The third-order valence-corrected chi connectivity index (χ3v) is 4.73. The Hall–Kier alpha value is -1.55. The maximum absolute atomic E-state index is 11.6. The van der Waals surface area contributed by atoms with Gasteiger partial charge in [0.1, 0.15) is 5.03 Å². The van der Waals surface area contributed by atoms with Crippen LogP contribution in [0.15, 0.2) is 34.1 Å². The number of aryl methyl sites for hydroxylation is 2. The first-order valence-corrected chi connectivity index (χ1v) is 8.01. The van der Waals surface area contributed by atoms with E-state index in [4.69, 9.17) is 0 Å². The first kappa shape index (κ1) is 13.4. The SMILES string of the molecule is Cc1cccc(CSc2nc(=O)[nH]c3c2CCCC3)c1. The van der Waals surface area contributed by atoms with Crippen molar-refractivity contribution in [1.29, 1.82) is 0 Å². The Morgan fingerprint density at radius 3 is 3.00 bits per heavy atom. The molecule has 0 saturated heterocycles. The van der Waals surface area contributed by atoms with E-state index >= 15 is 0 Å². The number of thioether (sulfide) groups is 1. The Morgan fingerprint density at radius 2 is 2.15 bits per heavy atom. The van der Waals surface area contributed by atoms with Crippen LogP contribution in [0.2, 0.25) is 0 Å². The fourth-order valence-corrected chi connectivity index (χ4v) is 3.70. The Labute approximate surface area is 122 Å². The highest BCUT2D eigenvalue weighted by molar-refractivity contribution is 7.98. The van der Waals surface area contributed by atoms with Gasteiger partial charge in [0.2, 0.25) is 0 Å². The number of aromatic nitrogens is 2. The number of nitrogens with zero attached hydrogens (tertiary/aromatic N) is 1. The molecule has 0 saturated carbocycles. The summed E-state index contributed by atoms with van der Waals surface area (Å²) in [4.78, 5) is 18.7. The molecule has 3 nitrogen and oxygen atoms in total. The summed E-state index contributed by atoms with van der Waals surface area (Å²) < 4.78 is 0. The maximum atomic E-state index is 11.6. The third-order valence-electron chi connectivity index (χ3n) is 3.64. The van der Waals surface area contributed by atoms with Crippen molar-refractivity contribution in [3.63, 3.8) is 0 Å². The van der Waals surface area contributed by atoms with Gasteiger partial charge in [-0.15, -0.1) is 11.8 Å². The molecule has 1 aliphatic carbocycles. The van der Waals surface area contributed by atoms with Gasteiger partial charge in [-0.2, -0.15) is 4.98 Å². The standard InChI is InChI=1S/C16H18N2OS/c1-11-5-4-6-12(9-11)10-20-15-13-7-2-3-8-14(13)17-16(19)18-15/h4-6,9H,2-3,7-8,10H2,1H3,(H,17,18,19). The van der Waals surface area contributed by atoms with Gasteiger partial charge in [0, 0.05) is 17.0 Å². The zero-order chi connectivity index (χ0) is 13.9. The molecule has 1 aromatic carbocycles. The summed E-state index contributed by atoms with van der Waals surface area (Å²) in [5.41, 5.74) is 4.69. The molecule has 20 heavy (non-hydrogen) atoms. The molecule has 0 fully saturated rings. The van der Waals surface area contributed by atoms with E-state index in [0.29, 0.717) is 0 Å². The van der Waals surface area contributed by atoms with E-state index < -0.39 is 0 Å². The Balaban J connectivity index is 1.84. The molecule has 0 amide bonds. The van der Waals surface area contributed by atoms with Crippen molar-refractivity contribution >= 4 is 11.8 Å². The average molecular weight is 286 g/mol. The molecular weight excluding hydrogens is 268 g/mol. The number of rotatable bonds is 3. The molecule has 1 N–H and O–H groups in total. The second-order valence-electron chi connectivity index (χ2n) is 5.29. The zero-order valence-electron chi connectivity index (χ0n) is 11.6. The fourth-order valence-electron chi connectivity index (χ4n) is 2.67. The summed E-state index contributed by atoms with van der Waals surface area (Å²) in [5, 5.41) is 0.921. The van der Waals surface area contributed by atoms with Gasteiger partial charge in [0.15, 0.2) is 0 Å². The minimum absolute atomic E-state index is 0.211. The smallest absolute Gasteiger partial charge is 0.309 e. The molecule has 104 valence electrons. The predicted octanol–water partition coefficient (Wildman–Crippen LogP) is 3.25. The van der Waals surface area contributed by atoms with Gasteiger partial charge in [-0.05, 0) is 38.2 Å². The van der Waals surface area contributed by atoms with Crippen molar-refractivity contribution in [2.24, 2.45) is 0 Å². The largest absolute Gasteiger partial charge is 0.346 e. The molecule has 1 aromatic heterocycles. The molecule has 1 heterocycles. The Morgan fingerprint density at radius 1 is 1.30 bits per heavy atom. The van der Waals surface area contributed by atoms with Crippen LogP contribution >= 0.6 is 11.8 Å². The highest BCUT2D eigenvalue weighted by Gasteiger charge is 2.16. The number of hydrogen-bond acceptors (Lipinski definition) is 3. The third kappa shape index (κ3) is 2.96. The van der Waals surface area contributed by atoms with Crippen LogP contribution < -0.4 is 5.69 Å². The van der Waals surface area contributed by atoms with Crippen LogP contribution in [0.1, 0.15) is 35.2 Å². The minimum Gasteiger partial charge on any atom is -0.309 e. The summed E-state index contributed by atoms with van der Waals surface area (Å²) >= 11 is 1.68. The van der Waals surface area contributed by atoms with Crippen LogP contribution in [0.5, 0.6) is 0 Å². The fraction of sp³-hybridized carbons (Fsp3) is 0.375. The van der Waals surface area contributed by atoms with Gasteiger partial charge >= 0.3 is 5.69 Å². The molecule has 4 heteroatoms. The highest BCUT2D eigenvalue weighted by atomic mass is 32.2. The predicted molar refractivity (Wildman–Crippen MR) is 82.2 cm³/mol. The molecule has 0 aliphatic heterocycles. The van der Waals surface area contributed by atoms with Gasteiger partial charge < -0.3 is 4.98 Å². The van der Waals surface area contributed by atoms with Gasteiger partial charge in [0.05, 0.1) is 0 Å². The topological polar surface area (TPSA) is 45.8 Å². The second-order valence-corrected chi connectivity index (χ2v) is 6.25. The van der Waals surface area contributed by atoms with E-state index in [-0.39, 0.29) is 5.69 Å². The van der Waals surface area contributed by atoms with Gasteiger partial charge in [-0.1, -0.05) is 29.8 Å². The highest BCUT2D eigenvalue weighted by Crippen LogP contribution is 2.29. The molecule has 3 rings (SSSR count). The van der Waals surface area contributed by atoms with E-state index in [9.17, 15) is 4.79 Å². The molecule has 0 radical (unpaired) electrons. The number of nitrogens with one attached hydrogen (secondary N) is 1. The van der Waals surface area contributed by atoms with Crippen molar-refractivity contribution in [3.05, 3.63) is 57.1 Å². The lowest BCUT2D eigenvalue weighted by Gasteiger charge is -2.17. The van der Waals surface area contributed by atoms with E-state index in [0.717, 1.165) is 35.7 Å². The van der Waals surface area contributed by atoms with E-state index in [1.165, 1.54) is 23.1 Å². The lowest BCUT2D eigenvalue weighted by atomic mass is 9.98. The summed E-state index contributed by atoms with van der Waals surface area (Å²) in [6.45, 7) is 2.10. The number of hydrogen-bond donors (Lipinski definition) is 1. The maximum Gasteiger partial charge on any atom is 0.346 e. The monoisotopic (exact) mass is 286 g/mol. The van der Waals surface area contributed by atoms with Gasteiger partial charge in [-0.3, -0.25) is 0 Å². The lowest BCUT2D eigenvalue weighted by molar-refractivity contribution is 0.639. The molecule has 0 unspecified atom stereocenters. The molecule has 0 atom stereocenters. The number of aromatic amines is 1. The Kier molecular flexibility index (Phi) is 3.92. The zero-order valence-corrected chi connectivity index (χ0v) is 12.4. The molecule has 0 bridgehead atoms. The molecule has 0 spiro atoms. The summed E-state index contributed by atoms with van der Waals surface area (Å²) in [6, 6.07) is 8.49. The van der Waals surface area contributed by atoms with Crippen LogP contribution in [0.3, 0.4) is 0 Å². The molecular formula is C16H18N2OS. The Bertz CT molecular complexity index is 678. The quantitative estimate of drug-likeness (QED) is 0.696. The molecule has 1 aliphatic rings. The van der Waals surface area contributed by atoms with Crippen LogP contribution in [-0.2, 0) is 18.6 Å². The van der Waals surface area contributed by atoms with Crippen LogP contribution in [0.25, 0.3) is 0 Å². The van der Waals surface area contributed by atoms with Gasteiger partial charge in [0.25, 0.3) is 0 Å². The number of H-pyrrole nitrogens is 1. The number of benzene rings is 1. The van der Waals surface area contributed by atoms with Crippen molar-refractivity contribution in [3.8, 4) is 0 Å². The minimum atomic E-state index is -0.211. The van der Waals surface area contributed by atoms with Crippen molar-refractivity contribution < 1.29 is 0 Å². The van der Waals surface area contributed by atoms with Crippen LogP contribution in [-0.4, -0.2) is 9.97 Å². The van der Waals surface area contributed by atoms with E-state index in [1.807, 2.05) is 0 Å².